The summed E-state index contributed by atoms with van der Waals surface area (Å²) in [6.45, 7) is 1.11. The van der Waals surface area contributed by atoms with Crippen molar-refractivity contribution in [1.82, 2.24) is 9.80 Å². The molecule has 5 rings (SSSR count). The average Bonchev–Trinajstić information content (AvgIpc) is 3.21. The number of aliphatic hydroxyl groups is 1. The van der Waals surface area contributed by atoms with Crippen molar-refractivity contribution >= 4 is 16.7 Å². The Morgan fingerprint density at radius 1 is 1.03 bits per heavy atom. The Bertz CT molecular complexity index is 940. The molecule has 4 nitrogen and oxygen atoms in total. The summed E-state index contributed by atoms with van der Waals surface area (Å²) >= 11 is 0. The molecule has 2 unspecified atom stereocenters. The standard InChI is InChI=1S/C23H26F2N2O2/c24-19-12-26(13-20(19)25)10-14-9-17-18(16-6-2-1-5-15(14)16)11-27(23(17)29)21-7-3-4-8-22(21)28/h1-2,5-6,9,19-22,28H,3-4,7-8,10-13H2/t19-,20-,21?,22?/m0/s1. The number of benzene rings is 2. The maximum absolute atomic E-state index is 13.7. The van der Waals surface area contributed by atoms with Crippen molar-refractivity contribution in [2.24, 2.45) is 0 Å². The molecule has 1 saturated heterocycles. The molecule has 2 aromatic rings. The van der Waals surface area contributed by atoms with E-state index in [0.717, 1.165) is 47.6 Å². The van der Waals surface area contributed by atoms with Gasteiger partial charge in [0.2, 0.25) is 0 Å². The zero-order valence-corrected chi connectivity index (χ0v) is 16.4. The van der Waals surface area contributed by atoms with Gasteiger partial charge in [0.05, 0.1) is 12.1 Å². The van der Waals surface area contributed by atoms with Gasteiger partial charge in [0.1, 0.15) is 12.3 Å². The number of carbonyl (C=O) groups is 1. The van der Waals surface area contributed by atoms with Gasteiger partial charge in [-0.15, -0.1) is 0 Å². The molecule has 6 heteroatoms. The third-order valence-electron chi connectivity index (χ3n) is 6.81. The van der Waals surface area contributed by atoms with E-state index in [1.165, 1.54) is 0 Å². The lowest BCUT2D eigenvalue weighted by Gasteiger charge is -2.35. The first-order valence-corrected chi connectivity index (χ1v) is 10.6. The van der Waals surface area contributed by atoms with Gasteiger partial charge in [-0.2, -0.15) is 0 Å². The summed E-state index contributed by atoms with van der Waals surface area (Å²) in [6, 6.07) is 9.73. The molecular weight excluding hydrogens is 374 g/mol. The quantitative estimate of drug-likeness (QED) is 0.856. The Morgan fingerprint density at radius 2 is 1.72 bits per heavy atom. The number of aliphatic hydroxyl groups excluding tert-OH is 1. The topological polar surface area (TPSA) is 43.8 Å². The molecule has 1 aliphatic carbocycles. The molecular formula is C23H26F2N2O2. The van der Waals surface area contributed by atoms with Crippen molar-refractivity contribution in [2.75, 3.05) is 13.1 Å². The molecule has 0 radical (unpaired) electrons. The number of amides is 1. The highest BCUT2D eigenvalue weighted by Gasteiger charge is 2.39. The molecule has 1 saturated carbocycles. The maximum atomic E-state index is 13.7. The lowest BCUT2D eigenvalue weighted by molar-refractivity contribution is 0.0192. The van der Waals surface area contributed by atoms with E-state index in [1.807, 2.05) is 35.2 Å². The number of carbonyl (C=O) groups excluding carboxylic acids is 1. The molecule has 2 aliphatic heterocycles. The summed E-state index contributed by atoms with van der Waals surface area (Å²) in [5.41, 5.74) is 2.60. The van der Waals surface area contributed by atoms with E-state index in [4.69, 9.17) is 0 Å². The predicted octanol–water partition coefficient (Wildman–Crippen LogP) is 3.59. The van der Waals surface area contributed by atoms with E-state index >= 15 is 0 Å². The third kappa shape index (κ3) is 3.22. The smallest absolute Gasteiger partial charge is 0.254 e. The van der Waals surface area contributed by atoms with Gasteiger partial charge in [-0.1, -0.05) is 37.1 Å². The van der Waals surface area contributed by atoms with Gasteiger partial charge in [-0.25, -0.2) is 8.78 Å². The molecule has 2 aromatic carbocycles. The molecule has 1 N–H and O–H groups in total. The Hall–Kier alpha value is -2.05. The summed E-state index contributed by atoms with van der Waals surface area (Å²) in [5.74, 6) is -0.0360. The fourth-order valence-corrected chi connectivity index (χ4v) is 5.29. The van der Waals surface area contributed by atoms with Crippen LogP contribution in [0.15, 0.2) is 30.3 Å². The first kappa shape index (κ1) is 18.9. The van der Waals surface area contributed by atoms with Crippen molar-refractivity contribution in [1.29, 1.82) is 0 Å². The van der Waals surface area contributed by atoms with Crippen LogP contribution in [-0.2, 0) is 13.1 Å². The van der Waals surface area contributed by atoms with E-state index < -0.39 is 18.4 Å². The minimum absolute atomic E-state index is 0.0360. The number of fused-ring (bicyclic) bond motifs is 3. The van der Waals surface area contributed by atoms with E-state index in [-0.39, 0.29) is 25.0 Å². The highest BCUT2D eigenvalue weighted by atomic mass is 19.2. The summed E-state index contributed by atoms with van der Waals surface area (Å²) in [6.07, 6.45) is 0.232. The normalized spacial score (nSPS) is 30.3. The monoisotopic (exact) mass is 400 g/mol. The average molecular weight is 400 g/mol. The van der Waals surface area contributed by atoms with Gasteiger partial charge < -0.3 is 10.0 Å². The lowest BCUT2D eigenvalue weighted by atomic mass is 9.91. The zero-order valence-electron chi connectivity index (χ0n) is 16.4. The summed E-state index contributed by atoms with van der Waals surface area (Å²) < 4.78 is 27.3. The second-order valence-electron chi connectivity index (χ2n) is 8.69. The second kappa shape index (κ2) is 7.33. The summed E-state index contributed by atoms with van der Waals surface area (Å²) in [4.78, 5) is 16.9. The molecule has 1 amide bonds. The van der Waals surface area contributed by atoms with Crippen LogP contribution >= 0.6 is 0 Å². The number of likely N-dealkylation sites (tertiary alicyclic amines) is 1. The molecule has 0 aromatic heterocycles. The molecule has 0 bridgehead atoms. The SMILES string of the molecule is O=C1c2cc(CN3C[C@H](F)[C@@H](F)C3)c3ccccc3c2CN1C1CCCCC1O. The van der Waals surface area contributed by atoms with Gasteiger partial charge in [-0.05, 0) is 40.8 Å². The minimum Gasteiger partial charge on any atom is -0.391 e. The van der Waals surface area contributed by atoms with Gasteiger partial charge >= 0.3 is 0 Å². The molecule has 4 atom stereocenters. The van der Waals surface area contributed by atoms with Crippen LogP contribution in [0, 0.1) is 0 Å². The van der Waals surface area contributed by atoms with Gasteiger partial charge in [0.25, 0.3) is 5.91 Å². The Balaban J connectivity index is 1.51. The van der Waals surface area contributed by atoms with Crippen molar-refractivity contribution < 1.29 is 18.7 Å². The van der Waals surface area contributed by atoms with E-state index in [9.17, 15) is 18.7 Å². The molecule has 2 fully saturated rings. The lowest BCUT2D eigenvalue weighted by Crippen LogP contribution is -2.45. The van der Waals surface area contributed by atoms with Crippen molar-refractivity contribution in [3.63, 3.8) is 0 Å². The van der Waals surface area contributed by atoms with Gasteiger partial charge in [0, 0.05) is 31.7 Å². The van der Waals surface area contributed by atoms with E-state index in [0.29, 0.717) is 18.7 Å². The first-order chi connectivity index (χ1) is 14.0. The Kier molecular flexibility index (Phi) is 4.79. The van der Waals surface area contributed by atoms with E-state index in [1.54, 1.807) is 4.90 Å². The van der Waals surface area contributed by atoms with Crippen LogP contribution in [-0.4, -0.2) is 58.4 Å². The number of rotatable bonds is 3. The highest BCUT2D eigenvalue weighted by Crippen LogP contribution is 2.37. The van der Waals surface area contributed by atoms with Crippen LogP contribution in [0.4, 0.5) is 8.78 Å². The molecule has 154 valence electrons. The summed E-state index contributed by atoms with van der Waals surface area (Å²) in [5, 5.41) is 12.5. The van der Waals surface area contributed by atoms with Crippen LogP contribution < -0.4 is 0 Å². The zero-order chi connectivity index (χ0) is 20.1. The van der Waals surface area contributed by atoms with E-state index in [2.05, 4.69) is 0 Å². The summed E-state index contributed by atoms with van der Waals surface area (Å²) in [7, 11) is 0. The molecule has 3 aliphatic rings. The van der Waals surface area contributed by atoms with Crippen molar-refractivity contribution in [2.45, 2.75) is 63.3 Å². The number of hydrogen-bond acceptors (Lipinski definition) is 3. The fourth-order valence-electron chi connectivity index (χ4n) is 5.29. The predicted molar refractivity (Wildman–Crippen MR) is 107 cm³/mol. The van der Waals surface area contributed by atoms with Crippen LogP contribution in [0.2, 0.25) is 0 Å². The van der Waals surface area contributed by atoms with Crippen LogP contribution in [0.25, 0.3) is 10.8 Å². The second-order valence-corrected chi connectivity index (χ2v) is 8.69. The van der Waals surface area contributed by atoms with Gasteiger partial charge in [0.15, 0.2) is 0 Å². The third-order valence-corrected chi connectivity index (χ3v) is 6.81. The van der Waals surface area contributed by atoms with Crippen molar-refractivity contribution in [3.05, 3.63) is 47.0 Å². The first-order valence-electron chi connectivity index (χ1n) is 10.6. The Labute approximate surface area is 169 Å². The maximum Gasteiger partial charge on any atom is 0.254 e. The number of halogens is 2. The Morgan fingerprint density at radius 3 is 2.45 bits per heavy atom. The van der Waals surface area contributed by atoms with Crippen LogP contribution in [0.3, 0.4) is 0 Å². The molecule has 29 heavy (non-hydrogen) atoms. The molecule has 2 heterocycles. The number of hydrogen-bond donors (Lipinski definition) is 1. The minimum atomic E-state index is -1.44. The molecule has 0 spiro atoms. The largest absolute Gasteiger partial charge is 0.391 e. The van der Waals surface area contributed by atoms with Crippen LogP contribution in [0.1, 0.15) is 47.2 Å². The van der Waals surface area contributed by atoms with Crippen LogP contribution in [0.5, 0.6) is 0 Å². The fraction of sp³-hybridized carbons (Fsp3) is 0.522. The van der Waals surface area contributed by atoms with Gasteiger partial charge in [-0.3, -0.25) is 9.69 Å². The highest BCUT2D eigenvalue weighted by molar-refractivity contribution is 6.05. The number of nitrogens with zero attached hydrogens (tertiary/aromatic N) is 2. The van der Waals surface area contributed by atoms with Crippen molar-refractivity contribution in [3.8, 4) is 0 Å². The number of alkyl halides is 2.